The number of rotatable bonds is 6. The summed E-state index contributed by atoms with van der Waals surface area (Å²) in [4.78, 5) is 2.56. The van der Waals surface area contributed by atoms with E-state index in [9.17, 15) is 0 Å². The maximum absolute atomic E-state index is 5.20. The summed E-state index contributed by atoms with van der Waals surface area (Å²) in [5, 5.41) is 3.63. The lowest BCUT2D eigenvalue weighted by Gasteiger charge is -2.23. The molecule has 2 unspecified atom stereocenters. The van der Waals surface area contributed by atoms with Crippen molar-refractivity contribution < 1.29 is 4.74 Å². The molecular formula is C12H24N2O. The van der Waals surface area contributed by atoms with Gasteiger partial charge in [-0.1, -0.05) is 0 Å². The summed E-state index contributed by atoms with van der Waals surface area (Å²) < 4.78 is 5.20. The van der Waals surface area contributed by atoms with Crippen LogP contribution < -0.4 is 5.32 Å². The summed E-state index contributed by atoms with van der Waals surface area (Å²) in [6, 6.07) is 1.44. The van der Waals surface area contributed by atoms with Crippen molar-refractivity contribution in [1.29, 1.82) is 0 Å². The van der Waals surface area contributed by atoms with Gasteiger partial charge in [0, 0.05) is 25.7 Å². The van der Waals surface area contributed by atoms with Gasteiger partial charge in [0.2, 0.25) is 0 Å². The average molecular weight is 212 g/mol. The van der Waals surface area contributed by atoms with Crippen LogP contribution in [-0.4, -0.2) is 50.3 Å². The molecule has 1 N–H and O–H groups in total. The minimum atomic E-state index is 0.584. The Labute approximate surface area is 93.2 Å². The van der Waals surface area contributed by atoms with Gasteiger partial charge in [0.25, 0.3) is 0 Å². The molecule has 3 nitrogen and oxygen atoms in total. The monoisotopic (exact) mass is 212 g/mol. The molecule has 15 heavy (non-hydrogen) atoms. The first-order valence-electron chi connectivity index (χ1n) is 6.26. The standard InChI is InChI=1S/C12H24N2O/c1-10(9-15-2)14-6-5-11(8-14)7-13-12-3-4-12/h10-13H,3-9H2,1-2H3. The number of nitrogens with one attached hydrogen (secondary N) is 1. The molecule has 2 aliphatic rings. The number of methoxy groups -OCH3 is 1. The summed E-state index contributed by atoms with van der Waals surface area (Å²) in [7, 11) is 1.79. The van der Waals surface area contributed by atoms with Crippen molar-refractivity contribution >= 4 is 0 Å². The number of hydrogen-bond donors (Lipinski definition) is 1. The number of hydrogen-bond acceptors (Lipinski definition) is 3. The molecule has 0 amide bonds. The fourth-order valence-corrected chi connectivity index (χ4v) is 2.40. The highest BCUT2D eigenvalue weighted by molar-refractivity contribution is 4.85. The van der Waals surface area contributed by atoms with E-state index in [2.05, 4.69) is 17.1 Å². The summed E-state index contributed by atoms with van der Waals surface area (Å²) in [5.41, 5.74) is 0. The predicted molar refractivity (Wildman–Crippen MR) is 62.0 cm³/mol. The third-order valence-electron chi connectivity index (χ3n) is 3.62. The van der Waals surface area contributed by atoms with E-state index in [0.717, 1.165) is 18.6 Å². The third kappa shape index (κ3) is 3.44. The molecule has 88 valence electrons. The quantitative estimate of drug-likeness (QED) is 0.713. The largest absolute Gasteiger partial charge is 0.383 e. The van der Waals surface area contributed by atoms with Gasteiger partial charge < -0.3 is 10.1 Å². The molecule has 0 aromatic heterocycles. The molecule has 1 saturated heterocycles. The van der Waals surface area contributed by atoms with Crippen LogP contribution in [0.15, 0.2) is 0 Å². The van der Waals surface area contributed by atoms with Crippen molar-refractivity contribution in [2.24, 2.45) is 5.92 Å². The van der Waals surface area contributed by atoms with Crippen molar-refractivity contribution in [3.05, 3.63) is 0 Å². The summed E-state index contributed by atoms with van der Waals surface area (Å²) >= 11 is 0. The summed E-state index contributed by atoms with van der Waals surface area (Å²) in [6.07, 6.45) is 4.15. The van der Waals surface area contributed by atoms with Crippen LogP contribution >= 0.6 is 0 Å². The van der Waals surface area contributed by atoms with Gasteiger partial charge in [0.1, 0.15) is 0 Å². The van der Waals surface area contributed by atoms with Gasteiger partial charge >= 0.3 is 0 Å². The Kier molecular flexibility index (Phi) is 4.00. The Bertz CT molecular complexity index is 194. The highest BCUT2D eigenvalue weighted by Gasteiger charge is 2.28. The van der Waals surface area contributed by atoms with E-state index in [0.29, 0.717) is 6.04 Å². The van der Waals surface area contributed by atoms with Crippen LogP contribution in [0.25, 0.3) is 0 Å². The van der Waals surface area contributed by atoms with Crippen LogP contribution in [0, 0.1) is 5.92 Å². The van der Waals surface area contributed by atoms with Gasteiger partial charge in [-0.3, -0.25) is 4.90 Å². The molecule has 2 atom stereocenters. The van der Waals surface area contributed by atoms with E-state index in [4.69, 9.17) is 4.74 Å². The second kappa shape index (κ2) is 5.28. The predicted octanol–water partition coefficient (Wildman–Crippen LogP) is 1.10. The zero-order chi connectivity index (χ0) is 10.7. The SMILES string of the molecule is COCC(C)N1CCC(CNC2CC2)C1. The Morgan fingerprint density at radius 2 is 2.20 bits per heavy atom. The number of nitrogens with zero attached hydrogens (tertiary/aromatic N) is 1. The Morgan fingerprint density at radius 1 is 1.40 bits per heavy atom. The second-order valence-corrected chi connectivity index (χ2v) is 5.14. The number of ether oxygens (including phenoxy) is 1. The zero-order valence-electron chi connectivity index (χ0n) is 10.0. The molecule has 1 aliphatic heterocycles. The second-order valence-electron chi connectivity index (χ2n) is 5.14. The van der Waals surface area contributed by atoms with Crippen LogP contribution in [0.3, 0.4) is 0 Å². The van der Waals surface area contributed by atoms with Gasteiger partial charge in [0.15, 0.2) is 0 Å². The first-order valence-corrected chi connectivity index (χ1v) is 6.26. The average Bonchev–Trinajstić information content (AvgIpc) is 2.93. The van der Waals surface area contributed by atoms with Crippen LogP contribution in [-0.2, 0) is 4.74 Å². The van der Waals surface area contributed by atoms with E-state index < -0.39 is 0 Å². The molecular weight excluding hydrogens is 188 g/mol. The van der Waals surface area contributed by atoms with Crippen LogP contribution in [0.2, 0.25) is 0 Å². The van der Waals surface area contributed by atoms with Gasteiger partial charge in [-0.05, 0) is 45.2 Å². The molecule has 0 aromatic carbocycles. The van der Waals surface area contributed by atoms with Crippen molar-refractivity contribution in [2.45, 2.75) is 38.3 Å². The van der Waals surface area contributed by atoms with Gasteiger partial charge in [-0.2, -0.15) is 0 Å². The van der Waals surface area contributed by atoms with Crippen molar-refractivity contribution in [3.63, 3.8) is 0 Å². The molecule has 3 heteroatoms. The highest BCUT2D eigenvalue weighted by Crippen LogP contribution is 2.22. The lowest BCUT2D eigenvalue weighted by Crippen LogP contribution is -2.35. The first-order chi connectivity index (χ1) is 7.29. The number of likely N-dealkylation sites (tertiary alicyclic amines) is 1. The van der Waals surface area contributed by atoms with E-state index >= 15 is 0 Å². The van der Waals surface area contributed by atoms with Crippen molar-refractivity contribution in [2.75, 3.05) is 33.4 Å². The van der Waals surface area contributed by atoms with Crippen LogP contribution in [0.1, 0.15) is 26.2 Å². The maximum atomic E-state index is 5.20. The lowest BCUT2D eigenvalue weighted by molar-refractivity contribution is 0.112. The van der Waals surface area contributed by atoms with Gasteiger partial charge in [-0.15, -0.1) is 0 Å². The molecule has 0 radical (unpaired) electrons. The lowest BCUT2D eigenvalue weighted by atomic mass is 10.1. The highest BCUT2D eigenvalue weighted by atomic mass is 16.5. The zero-order valence-corrected chi connectivity index (χ0v) is 10.0. The first kappa shape index (κ1) is 11.4. The summed E-state index contributed by atoms with van der Waals surface area (Å²) in [6.45, 7) is 6.86. The van der Waals surface area contributed by atoms with Crippen LogP contribution in [0.4, 0.5) is 0 Å². The topological polar surface area (TPSA) is 24.5 Å². The Hall–Kier alpha value is -0.120. The van der Waals surface area contributed by atoms with Crippen molar-refractivity contribution in [3.8, 4) is 0 Å². The van der Waals surface area contributed by atoms with Crippen molar-refractivity contribution in [1.82, 2.24) is 10.2 Å². The van der Waals surface area contributed by atoms with E-state index in [1.165, 1.54) is 38.9 Å². The minimum absolute atomic E-state index is 0.584. The maximum Gasteiger partial charge on any atom is 0.0615 e. The van der Waals surface area contributed by atoms with Crippen LogP contribution in [0.5, 0.6) is 0 Å². The molecule has 1 saturated carbocycles. The molecule has 1 aliphatic carbocycles. The van der Waals surface area contributed by atoms with E-state index in [1.54, 1.807) is 7.11 Å². The Morgan fingerprint density at radius 3 is 2.87 bits per heavy atom. The minimum Gasteiger partial charge on any atom is -0.383 e. The molecule has 0 spiro atoms. The smallest absolute Gasteiger partial charge is 0.0615 e. The molecule has 0 aromatic rings. The van der Waals surface area contributed by atoms with Gasteiger partial charge in [0.05, 0.1) is 6.61 Å². The normalized spacial score (nSPS) is 29.6. The molecule has 2 fully saturated rings. The van der Waals surface area contributed by atoms with E-state index in [1.807, 2.05) is 0 Å². The molecule has 2 rings (SSSR count). The molecule has 0 bridgehead atoms. The van der Waals surface area contributed by atoms with Gasteiger partial charge in [-0.25, -0.2) is 0 Å². The summed E-state index contributed by atoms with van der Waals surface area (Å²) in [5.74, 6) is 0.866. The molecule has 1 heterocycles. The Balaban J connectivity index is 1.64. The fraction of sp³-hybridized carbons (Fsp3) is 1.00. The van der Waals surface area contributed by atoms with E-state index in [-0.39, 0.29) is 0 Å². The fourth-order valence-electron chi connectivity index (χ4n) is 2.40. The third-order valence-corrected chi connectivity index (χ3v) is 3.62.